The average molecular weight is 176 g/mol. The van der Waals surface area contributed by atoms with Gasteiger partial charge in [-0.3, -0.25) is 4.79 Å². The molecule has 3 heteroatoms. The monoisotopic (exact) mass is 176 g/mol. The van der Waals surface area contributed by atoms with E-state index in [9.17, 15) is 4.79 Å². The highest BCUT2D eigenvalue weighted by Gasteiger charge is 1.76. The molecule has 0 spiro atoms. The van der Waals surface area contributed by atoms with Crippen molar-refractivity contribution in [3.63, 3.8) is 0 Å². The Morgan fingerprint density at radius 1 is 1.25 bits per heavy atom. The molecule has 0 heterocycles. The molecule has 0 aromatic rings. The molecule has 0 saturated carbocycles. The first-order valence-electron chi connectivity index (χ1n) is 4.58. The smallest absolute Gasteiger partial charge is 0.143 e. The van der Waals surface area contributed by atoms with Gasteiger partial charge in [-0.05, 0) is 19.9 Å². The van der Waals surface area contributed by atoms with E-state index in [2.05, 4.69) is 6.92 Å². The molecule has 0 aromatic heterocycles. The van der Waals surface area contributed by atoms with E-state index in [0.29, 0.717) is 0 Å². The highest BCUT2D eigenvalue weighted by atomic mass is 16.1. The van der Waals surface area contributed by atoms with Crippen LogP contribution in [0.15, 0.2) is 0 Å². The predicted molar refractivity (Wildman–Crippen MR) is 55.0 cm³/mol. The molecule has 0 atom stereocenters. The Bertz CT molecular complexity index is 72.9. The summed E-state index contributed by atoms with van der Waals surface area (Å²) in [5.41, 5.74) is 9.96. The summed E-state index contributed by atoms with van der Waals surface area (Å²) in [5, 5.41) is 0. The predicted octanol–water partition coefficient (Wildman–Crippen LogP) is 1.31. The maximum atomic E-state index is 9.69. The van der Waals surface area contributed by atoms with E-state index >= 15 is 0 Å². The van der Waals surface area contributed by atoms with Crippen molar-refractivity contribution in [1.29, 1.82) is 0 Å². The summed E-state index contributed by atoms with van der Waals surface area (Å²) in [7, 11) is 0. The summed E-state index contributed by atoms with van der Waals surface area (Å²) < 4.78 is 0. The van der Waals surface area contributed by atoms with Crippen LogP contribution in [0.1, 0.15) is 40.5 Å². The van der Waals surface area contributed by atoms with Crippen LogP contribution >= 0.6 is 0 Å². The second-order valence-corrected chi connectivity index (χ2v) is 2.05. The minimum atomic E-state index is 0.0324. The van der Waals surface area contributed by atoms with Gasteiger partial charge in [-0.1, -0.05) is 27.2 Å². The van der Waals surface area contributed by atoms with Crippen molar-refractivity contribution >= 4 is 5.78 Å². The maximum Gasteiger partial charge on any atom is 0.143 e. The van der Waals surface area contributed by atoms with Gasteiger partial charge in [-0.25, -0.2) is 0 Å². The zero-order valence-electron chi connectivity index (χ0n) is 8.89. The molecule has 0 unspecified atom stereocenters. The first-order valence-corrected chi connectivity index (χ1v) is 4.58. The highest BCUT2D eigenvalue weighted by Crippen LogP contribution is 1.77. The van der Waals surface area contributed by atoms with Gasteiger partial charge < -0.3 is 11.5 Å². The lowest BCUT2D eigenvalue weighted by Crippen LogP contribution is -2.07. The Morgan fingerprint density at radius 2 is 1.58 bits per heavy atom. The molecular weight excluding hydrogens is 152 g/mol. The van der Waals surface area contributed by atoms with E-state index in [1.54, 1.807) is 0 Å². The molecular formula is C9H24N2O. The standard InChI is InChI=1S/C4H11N.C3H7NO.C2H6/c1-2-3-4-5;1-3(5)2-4;1-2/h2-5H2,1H3;2,4H2,1H3;1-2H3. The van der Waals surface area contributed by atoms with Gasteiger partial charge >= 0.3 is 0 Å². The number of nitrogens with two attached hydrogens (primary N) is 2. The second kappa shape index (κ2) is 22.4. The van der Waals surface area contributed by atoms with E-state index in [4.69, 9.17) is 11.5 Å². The zero-order chi connectivity index (χ0) is 10.4. The van der Waals surface area contributed by atoms with Gasteiger partial charge in [0.1, 0.15) is 5.78 Å². The minimum Gasteiger partial charge on any atom is -0.330 e. The largest absolute Gasteiger partial charge is 0.330 e. The summed E-state index contributed by atoms with van der Waals surface area (Å²) in [6.45, 7) is 8.60. The van der Waals surface area contributed by atoms with Crippen LogP contribution in [0.4, 0.5) is 0 Å². The lowest BCUT2D eigenvalue weighted by atomic mass is 10.3. The van der Waals surface area contributed by atoms with Crippen LogP contribution in [0.25, 0.3) is 0 Å². The van der Waals surface area contributed by atoms with Crippen molar-refractivity contribution in [2.45, 2.75) is 40.5 Å². The van der Waals surface area contributed by atoms with Gasteiger partial charge in [0, 0.05) is 0 Å². The van der Waals surface area contributed by atoms with Crippen molar-refractivity contribution in [2.75, 3.05) is 13.1 Å². The summed E-state index contributed by atoms with van der Waals surface area (Å²) in [4.78, 5) is 9.69. The van der Waals surface area contributed by atoms with Crippen molar-refractivity contribution in [1.82, 2.24) is 0 Å². The quantitative estimate of drug-likeness (QED) is 0.681. The molecule has 0 aliphatic heterocycles. The van der Waals surface area contributed by atoms with E-state index in [1.165, 1.54) is 19.8 Å². The number of Topliss-reactive ketones (excluding diaryl/α,β-unsaturated/α-hetero) is 1. The second-order valence-electron chi connectivity index (χ2n) is 2.05. The van der Waals surface area contributed by atoms with E-state index < -0.39 is 0 Å². The zero-order valence-corrected chi connectivity index (χ0v) is 8.89. The van der Waals surface area contributed by atoms with E-state index in [0.717, 1.165) is 6.54 Å². The number of rotatable bonds is 3. The van der Waals surface area contributed by atoms with Crippen molar-refractivity contribution in [3.8, 4) is 0 Å². The maximum absolute atomic E-state index is 9.69. The molecule has 0 saturated heterocycles. The Labute approximate surface area is 76.5 Å². The first kappa shape index (κ1) is 17.6. The molecule has 0 fully saturated rings. The van der Waals surface area contributed by atoms with E-state index in [-0.39, 0.29) is 12.3 Å². The fourth-order valence-electron chi connectivity index (χ4n) is 0.204. The number of hydrogen-bond acceptors (Lipinski definition) is 3. The first-order chi connectivity index (χ1) is 5.68. The van der Waals surface area contributed by atoms with Crippen molar-refractivity contribution in [2.24, 2.45) is 11.5 Å². The highest BCUT2D eigenvalue weighted by molar-refractivity contribution is 5.77. The van der Waals surface area contributed by atoms with Gasteiger partial charge in [-0.15, -0.1) is 0 Å². The van der Waals surface area contributed by atoms with Crippen LogP contribution in [0.3, 0.4) is 0 Å². The number of ketones is 1. The molecule has 12 heavy (non-hydrogen) atoms. The van der Waals surface area contributed by atoms with Crippen molar-refractivity contribution < 1.29 is 4.79 Å². The van der Waals surface area contributed by atoms with Gasteiger partial charge in [0.05, 0.1) is 6.54 Å². The Balaban J connectivity index is -0.000000112. The van der Waals surface area contributed by atoms with Crippen LogP contribution < -0.4 is 11.5 Å². The van der Waals surface area contributed by atoms with Gasteiger partial charge in [0.15, 0.2) is 0 Å². The van der Waals surface area contributed by atoms with Crippen molar-refractivity contribution in [3.05, 3.63) is 0 Å². The topological polar surface area (TPSA) is 69.1 Å². The summed E-state index contributed by atoms with van der Waals surface area (Å²) >= 11 is 0. The summed E-state index contributed by atoms with van der Waals surface area (Å²) in [5.74, 6) is 0.0324. The van der Waals surface area contributed by atoms with Gasteiger partial charge in [0.2, 0.25) is 0 Å². The molecule has 4 N–H and O–H groups in total. The Hall–Kier alpha value is -0.410. The van der Waals surface area contributed by atoms with E-state index in [1.807, 2.05) is 13.8 Å². The molecule has 76 valence electrons. The molecule has 0 aliphatic rings. The molecule has 0 rings (SSSR count). The third-order valence-corrected chi connectivity index (χ3v) is 0.845. The summed E-state index contributed by atoms with van der Waals surface area (Å²) in [6, 6.07) is 0. The number of carbonyl (C=O) groups is 1. The lowest BCUT2D eigenvalue weighted by Gasteiger charge is -1.80. The molecule has 0 radical (unpaired) electrons. The number of unbranched alkanes of at least 4 members (excludes halogenated alkanes) is 1. The molecule has 0 aliphatic carbocycles. The van der Waals surface area contributed by atoms with Crippen LogP contribution in [0.5, 0.6) is 0 Å². The Morgan fingerprint density at radius 3 is 1.58 bits per heavy atom. The molecule has 3 nitrogen and oxygen atoms in total. The third-order valence-electron chi connectivity index (χ3n) is 0.845. The van der Waals surface area contributed by atoms with Crippen LogP contribution in [0, 0.1) is 0 Å². The third kappa shape index (κ3) is 54.9. The van der Waals surface area contributed by atoms with Gasteiger partial charge in [0.25, 0.3) is 0 Å². The fraction of sp³-hybridized carbons (Fsp3) is 0.889. The SMILES string of the molecule is CC.CC(=O)CN.CCCCN. The summed E-state index contributed by atoms with van der Waals surface area (Å²) in [6.07, 6.45) is 2.39. The molecule has 0 bridgehead atoms. The van der Waals surface area contributed by atoms with Crippen LogP contribution in [0.2, 0.25) is 0 Å². The lowest BCUT2D eigenvalue weighted by molar-refractivity contribution is -0.115. The van der Waals surface area contributed by atoms with Gasteiger partial charge in [-0.2, -0.15) is 0 Å². The molecule has 0 aromatic carbocycles. The Kier molecular flexibility index (Phi) is 32.9. The molecule has 0 amide bonds. The van der Waals surface area contributed by atoms with Crippen LogP contribution in [-0.2, 0) is 4.79 Å². The number of carbonyl (C=O) groups excluding carboxylic acids is 1. The van der Waals surface area contributed by atoms with Crippen LogP contribution in [-0.4, -0.2) is 18.9 Å². The normalized spacial score (nSPS) is 7.17. The number of hydrogen-bond donors (Lipinski definition) is 2. The minimum absolute atomic E-state index is 0.0324. The fourth-order valence-corrected chi connectivity index (χ4v) is 0.204. The average Bonchev–Trinajstić information content (AvgIpc) is 2.10.